The standard InChI is InChI=1S/C17H21BClN3O3/c1-16(2)17(3,4)25-18(24-16)13-9-21-14(20)15(22-13)23-10-11-7-5-6-8-12(11)19/h5-9H,10H2,1-4H3,(H2,20,21). The van der Waals surface area contributed by atoms with Gasteiger partial charge in [-0.3, -0.25) is 0 Å². The maximum atomic E-state index is 6.14. The molecular weight excluding hydrogens is 340 g/mol. The Balaban J connectivity index is 1.79. The third-order valence-corrected chi connectivity index (χ3v) is 4.97. The maximum absolute atomic E-state index is 6.14. The number of hydrogen-bond acceptors (Lipinski definition) is 6. The van der Waals surface area contributed by atoms with Crippen LogP contribution in [-0.2, 0) is 15.9 Å². The van der Waals surface area contributed by atoms with E-state index in [1.165, 1.54) is 0 Å². The van der Waals surface area contributed by atoms with Crippen molar-refractivity contribution in [3.63, 3.8) is 0 Å². The summed E-state index contributed by atoms with van der Waals surface area (Å²) in [7, 11) is -0.624. The smallest absolute Gasteiger partial charge is 0.470 e. The first-order valence-corrected chi connectivity index (χ1v) is 8.42. The van der Waals surface area contributed by atoms with Crippen LogP contribution in [0.3, 0.4) is 0 Å². The van der Waals surface area contributed by atoms with E-state index in [4.69, 9.17) is 31.4 Å². The Hall–Kier alpha value is -1.83. The van der Waals surface area contributed by atoms with Gasteiger partial charge in [0.25, 0.3) is 5.88 Å². The molecule has 0 bridgehead atoms. The molecule has 1 aliphatic rings. The summed E-state index contributed by atoms with van der Waals surface area (Å²) in [6, 6.07) is 7.43. The van der Waals surface area contributed by atoms with E-state index >= 15 is 0 Å². The number of halogens is 1. The minimum absolute atomic E-state index is 0.201. The molecule has 0 radical (unpaired) electrons. The van der Waals surface area contributed by atoms with Gasteiger partial charge in [-0.2, -0.15) is 0 Å². The minimum atomic E-state index is -0.624. The number of nitrogens with zero attached hydrogens (tertiary/aromatic N) is 2. The number of nitrogen functional groups attached to an aromatic ring is 1. The van der Waals surface area contributed by atoms with Gasteiger partial charge in [0.15, 0.2) is 5.82 Å². The lowest BCUT2D eigenvalue weighted by molar-refractivity contribution is 0.00578. The van der Waals surface area contributed by atoms with Crippen LogP contribution in [0.15, 0.2) is 30.5 Å². The maximum Gasteiger partial charge on any atom is 0.516 e. The van der Waals surface area contributed by atoms with E-state index in [1.54, 1.807) is 12.3 Å². The average Bonchev–Trinajstić information content (AvgIpc) is 2.76. The molecule has 25 heavy (non-hydrogen) atoms. The third-order valence-electron chi connectivity index (χ3n) is 4.60. The zero-order chi connectivity index (χ0) is 18.2. The molecule has 1 aromatic heterocycles. The average molecular weight is 362 g/mol. The Morgan fingerprint density at radius 2 is 1.80 bits per heavy atom. The van der Waals surface area contributed by atoms with Crippen molar-refractivity contribution in [3.05, 3.63) is 41.0 Å². The summed E-state index contributed by atoms with van der Waals surface area (Å²) in [5, 5.41) is 0.621. The molecule has 1 saturated heterocycles. The van der Waals surface area contributed by atoms with Crippen LogP contribution in [0.4, 0.5) is 5.82 Å². The van der Waals surface area contributed by atoms with E-state index in [1.807, 2.05) is 45.9 Å². The Morgan fingerprint density at radius 3 is 2.44 bits per heavy atom. The molecule has 0 aliphatic carbocycles. The number of hydrogen-bond donors (Lipinski definition) is 1. The Morgan fingerprint density at radius 1 is 1.16 bits per heavy atom. The van der Waals surface area contributed by atoms with Gasteiger partial charge in [0.1, 0.15) is 6.61 Å². The van der Waals surface area contributed by atoms with Crippen molar-refractivity contribution in [1.29, 1.82) is 0 Å². The van der Waals surface area contributed by atoms with Gasteiger partial charge in [0.05, 0.1) is 16.8 Å². The van der Waals surface area contributed by atoms with Crippen molar-refractivity contribution in [2.24, 2.45) is 0 Å². The molecule has 2 N–H and O–H groups in total. The number of ether oxygens (including phenoxy) is 1. The lowest BCUT2D eigenvalue weighted by atomic mass is 9.85. The molecule has 1 aliphatic heterocycles. The van der Waals surface area contributed by atoms with Crippen molar-refractivity contribution in [1.82, 2.24) is 9.97 Å². The summed E-state index contributed by atoms with van der Waals surface area (Å²) in [5.74, 6) is 0.430. The fourth-order valence-corrected chi connectivity index (χ4v) is 2.53. The summed E-state index contributed by atoms with van der Waals surface area (Å²) in [5.41, 5.74) is 6.32. The van der Waals surface area contributed by atoms with Crippen molar-refractivity contribution in [2.75, 3.05) is 5.73 Å². The zero-order valence-electron chi connectivity index (χ0n) is 14.7. The molecule has 6 nitrogen and oxygen atoms in total. The van der Waals surface area contributed by atoms with Crippen molar-refractivity contribution in [3.8, 4) is 5.88 Å². The molecule has 0 atom stereocenters. The predicted molar refractivity (Wildman–Crippen MR) is 97.9 cm³/mol. The molecule has 1 fully saturated rings. The van der Waals surface area contributed by atoms with E-state index in [-0.39, 0.29) is 18.3 Å². The molecule has 0 spiro atoms. The summed E-state index contributed by atoms with van der Waals surface area (Å²) in [6.07, 6.45) is 1.54. The van der Waals surface area contributed by atoms with Gasteiger partial charge in [-0.05, 0) is 33.8 Å². The fourth-order valence-electron chi connectivity index (χ4n) is 2.34. The van der Waals surface area contributed by atoms with E-state index in [9.17, 15) is 0 Å². The van der Waals surface area contributed by atoms with E-state index in [0.29, 0.717) is 10.6 Å². The number of benzene rings is 1. The lowest BCUT2D eigenvalue weighted by Gasteiger charge is -2.32. The number of aromatic nitrogens is 2. The Kier molecular flexibility index (Phi) is 4.66. The highest BCUT2D eigenvalue weighted by molar-refractivity contribution is 6.61. The molecule has 2 aromatic rings. The van der Waals surface area contributed by atoms with Crippen molar-refractivity contribution in [2.45, 2.75) is 45.5 Å². The summed E-state index contributed by atoms with van der Waals surface area (Å²) >= 11 is 6.14. The van der Waals surface area contributed by atoms with Crippen molar-refractivity contribution < 1.29 is 14.0 Å². The summed E-state index contributed by atoms with van der Waals surface area (Å²) in [6.45, 7) is 8.16. The SMILES string of the molecule is CC1(C)OB(c2cnc(N)c(OCc3ccccc3Cl)n2)OC1(C)C. The number of rotatable bonds is 4. The first kappa shape index (κ1) is 18.0. The summed E-state index contributed by atoms with van der Waals surface area (Å²) in [4.78, 5) is 8.58. The molecule has 0 saturated carbocycles. The van der Waals surface area contributed by atoms with E-state index < -0.39 is 18.3 Å². The van der Waals surface area contributed by atoms with Crippen LogP contribution < -0.4 is 16.1 Å². The number of nitrogens with two attached hydrogens (primary N) is 1. The Bertz CT molecular complexity index is 769. The molecule has 2 heterocycles. The largest absolute Gasteiger partial charge is 0.516 e. The molecule has 3 rings (SSSR count). The summed E-state index contributed by atoms with van der Waals surface area (Å²) < 4.78 is 17.7. The van der Waals surface area contributed by atoms with Crippen LogP contribution in [0.25, 0.3) is 0 Å². The first-order chi connectivity index (χ1) is 11.7. The highest BCUT2D eigenvalue weighted by atomic mass is 35.5. The van der Waals surface area contributed by atoms with Gasteiger partial charge < -0.3 is 19.8 Å². The van der Waals surface area contributed by atoms with Gasteiger partial charge in [-0.25, -0.2) is 9.97 Å². The highest BCUT2D eigenvalue weighted by Gasteiger charge is 2.52. The molecule has 132 valence electrons. The van der Waals surface area contributed by atoms with Gasteiger partial charge in [0.2, 0.25) is 0 Å². The van der Waals surface area contributed by atoms with Gasteiger partial charge in [-0.15, -0.1) is 0 Å². The second-order valence-corrected chi connectivity index (χ2v) is 7.36. The predicted octanol–water partition coefficient (Wildman–Crippen LogP) is 2.59. The van der Waals surface area contributed by atoms with E-state index in [2.05, 4.69) is 9.97 Å². The molecule has 0 amide bonds. The van der Waals surface area contributed by atoms with Crippen LogP contribution in [0.5, 0.6) is 5.88 Å². The monoisotopic (exact) mass is 361 g/mol. The molecule has 8 heteroatoms. The van der Waals surface area contributed by atoms with E-state index in [0.717, 1.165) is 5.56 Å². The minimum Gasteiger partial charge on any atom is -0.470 e. The zero-order valence-corrected chi connectivity index (χ0v) is 15.5. The van der Waals surface area contributed by atoms with Gasteiger partial charge in [-0.1, -0.05) is 29.8 Å². The first-order valence-electron chi connectivity index (χ1n) is 8.04. The van der Waals surface area contributed by atoms with Crippen LogP contribution in [0, 0.1) is 0 Å². The van der Waals surface area contributed by atoms with Crippen LogP contribution >= 0.6 is 11.6 Å². The quantitative estimate of drug-likeness (QED) is 0.843. The van der Waals surface area contributed by atoms with Crippen LogP contribution in [0.1, 0.15) is 33.3 Å². The second kappa shape index (κ2) is 6.48. The molecule has 0 unspecified atom stereocenters. The second-order valence-electron chi connectivity index (χ2n) is 6.95. The number of anilines is 1. The van der Waals surface area contributed by atoms with Gasteiger partial charge in [0, 0.05) is 16.8 Å². The third kappa shape index (κ3) is 3.59. The molecular formula is C17H21BClN3O3. The molecule has 1 aromatic carbocycles. The van der Waals surface area contributed by atoms with Crippen molar-refractivity contribution >= 4 is 30.1 Å². The van der Waals surface area contributed by atoms with Gasteiger partial charge >= 0.3 is 7.12 Å². The fraction of sp³-hybridized carbons (Fsp3) is 0.412. The van der Waals surface area contributed by atoms with Crippen LogP contribution in [-0.4, -0.2) is 28.3 Å². The topological polar surface area (TPSA) is 79.5 Å². The Labute approximate surface area is 152 Å². The van der Waals surface area contributed by atoms with Crippen LogP contribution in [0.2, 0.25) is 5.02 Å². The lowest BCUT2D eigenvalue weighted by Crippen LogP contribution is -2.41. The highest BCUT2D eigenvalue weighted by Crippen LogP contribution is 2.36. The normalized spacial score (nSPS) is 18.4.